The highest BCUT2D eigenvalue weighted by Gasteiger charge is 2.28. The molecule has 35 heavy (non-hydrogen) atoms. The fraction of sp³-hybridized carbons (Fsp3) is 0.231. The lowest BCUT2D eigenvalue weighted by Crippen LogP contribution is -2.41. The third-order valence-corrected chi connectivity index (χ3v) is 6.95. The Hall–Kier alpha value is -3.36. The van der Waals surface area contributed by atoms with Gasteiger partial charge in [-0.25, -0.2) is 8.42 Å². The zero-order valence-electron chi connectivity index (χ0n) is 20.0. The first-order chi connectivity index (χ1) is 16.4. The van der Waals surface area contributed by atoms with E-state index in [2.05, 4.69) is 10.6 Å². The number of halogens is 1. The summed E-state index contributed by atoms with van der Waals surface area (Å²) in [6.45, 7) is 6.90. The summed E-state index contributed by atoms with van der Waals surface area (Å²) < 4.78 is 28.1. The highest BCUT2D eigenvalue weighted by atomic mass is 35.5. The maximum Gasteiger partial charge on any atom is 0.264 e. The van der Waals surface area contributed by atoms with Crippen LogP contribution < -0.4 is 14.9 Å². The van der Waals surface area contributed by atoms with Crippen molar-refractivity contribution in [3.8, 4) is 0 Å². The molecule has 0 fully saturated rings. The minimum absolute atomic E-state index is 0.00108. The van der Waals surface area contributed by atoms with Gasteiger partial charge in [0, 0.05) is 10.6 Å². The van der Waals surface area contributed by atoms with Crippen molar-refractivity contribution < 1.29 is 18.0 Å². The van der Waals surface area contributed by atoms with Crippen LogP contribution in [0.5, 0.6) is 0 Å². The zero-order valence-corrected chi connectivity index (χ0v) is 21.6. The minimum atomic E-state index is -4.09. The molecular weight excluding hydrogens is 486 g/mol. The highest BCUT2D eigenvalue weighted by Crippen LogP contribution is 2.26. The Balaban J connectivity index is 1.93. The van der Waals surface area contributed by atoms with Gasteiger partial charge in [-0.05, 0) is 81.8 Å². The molecule has 0 aliphatic heterocycles. The van der Waals surface area contributed by atoms with Crippen LogP contribution in [0.1, 0.15) is 36.7 Å². The predicted octanol–water partition coefficient (Wildman–Crippen LogP) is 5.01. The van der Waals surface area contributed by atoms with Gasteiger partial charge < -0.3 is 10.6 Å². The Morgan fingerprint density at radius 2 is 1.60 bits per heavy atom. The summed E-state index contributed by atoms with van der Waals surface area (Å²) in [6, 6.07) is 19.2. The van der Waals surface area contributed by atoms with E-state index in [9.17, 15) is 18.0 Å². The van der Waals surface area contributed by atoms with E-state index < -0.39 is 28.0 Å². The van der Waals surface area contributed by atoms with Crippen molar-refractivity contribution in [3.63, 3.8) is 0 Å². The van der Waals surface area contributed by atoms with E-state index in [1.807, 2.05) is 33.8 Å². The van der Waals surface area contributed by atoms with Crippen molar-refractivity contribution in [1.82, 2.24) is 5.32 Å². The summed E-state index contributed by atoms with van der Waals surface area (Å²) in [5, 5.41) is 5.96. The molecule has 3 rings (SSSR count). The van der Waals surface area contributed by atoms with E-state index in [4.69, 9.17) is 11.6 Å². The number of carbonyl (C=O) groups is 2. The molecule has 2 amide bonds. The third-order valence-electron chi connectivity index (χ3n) is 4.91. The van der Waals surface area contributed by atoms with Gasteiger partial charge in [-0.2, -0.15) is 0 Å². The number of aryl methyl sites for hydroxylation is 1. The molecule has 0 saturated carbocycles. The SMILES string of the molecule is Cc1cccc(N(CC(=O)Nc2ccccc2C(=O)NC(C)(C)C)S(=O)(=O)c2ccc(Cl)cc2)c1. The van der Waals surface area contributed by atoms with Gasteiger partial charge in [0.1, 0.15) is 6.54 Å². The summed E-state index contributed by atoms with van der Waals surface area (Å²) in [5.74, 6) is -0.947. The fourth-order valence-corrected chi connectivity index (χ4v) is 4.89. The predicted molar refractivity (Wildman–Crippen MR) is 139 cm³/mol. The average Bonchev–Trinajstić information content (AvgIpc) is 2.77. The van der Waals surface area contributed by atoms with Crippen molar-refractivity contribution >= 4 is 44.8 Å². The first-order valence-electron chi connectivity index (χ1n) is 10.9. The van der Waals surface area contributed by atoms with Crippen LogP contribution in [0.2, 0.25) is 5.02 Å². The van der Waals surface area contributed by atoms with Gasteiger partial charge in [0.25, 0.3) is 15.9 Å². The smallest absolute Gasteiger partial charge is 0.264 e. The van der Waals surface area contributed by atoms with E-state index in [0.717, 1.165) is 9.87 Å². The van der Waals surface area contributed by atoms with Gasteiger partial charge in [0.15, 0.2) is 0 Å². The molecule has 7 nitrogen and oxygen atoms in total. The first kappa shape index (κ1) is 26.2. The monoisotopic (exact) mass is 513 g/mol. The topological polar surface area (TPSA) is 95.6 Å². The van der Waals surface area contributed by atoms with Crippen LogP contribution in [-0.4, -0.2) is 32.3 Å². The summed E-state index contributed by atoms with van der Waals surface area (Å²) in [7, 11) is -4.09. The van der Waals surface area contributed by atoms with Crippen molar-refractivity contribution in [2.45, 2.75) is 38.1 Å². The molecule has 2 N–H and O–H groups in total. The third kappa shape index (κ3) is 6.83. The van der Waals surface area contributed by atoms with Crippen LogP contribution in [0.25, 0.3) is 0 Å². The Kier molecular flexibility index (Phi) is 7.87. The van der Waals surface area contributed by atoms with E-state index in [0.29, 0.717) is 10.7 Å². The Labute approximate surface area is 211 Å². The van der Waals surface area contributed by atoms with Crippen molar-refractivity contribution in [1.29, 1.82) is 0 Å². The molecule has 9 heteroatoms. The lowest BCUT2D eigenvalue weighted by atomic mass is 10.1. The largest absolute Gasteiger partial charge is 0.347 e. The standard InChI is InChI=1S/C26H28ClN3O4S/c1-18-8-7-9-20(16-18)30(35(33,34)21-14-12-19(27)13-15-21)17-24(31)28-23-11-6-5-10-22(23)25(32)29-26(2,3)4/h5-16H,17H2,1-4H3,(H,28,31)(H,29,32). The lowest BCUT2D eigenvalue weighted by molar-refractivity contribution is -0.114. The van der Waals surface area contributed by atoms with Crippen molar-refractivity contribution in [2.75, 3.05) is 16.2 Å². The molecule has 0 aliphatic carbocycles. The maximum absolute atomic E-state index is 13.5. The summed E-state index contributed by atoms with van der Waals surface area (Å²) in [6.07, 6.45) is 0. The number of para-hydroxylation sites is 1. The quantitative estimate of drug-likeness (QED) is 0.464. The van der Waals surface area contributed by atoms with E-state index in [1.54, 1.807) is 42.5 Å². The van der Waals surface area contributed by atoms with Crippen LogP contribution in [0, 0.1) is 6.92 Å². The second kappa shape index (κ2) is 10.5. The molecule has 0 saturated heterocycles. The van der Waals surface area contributed by atoms with Gasteiger partial charge in [-0.1, -0.05) is 35.9 Å². The highest BCUT2D eigenvalue weighted by molar-refractivity contribution is 7.92. The molecule has 0 radical (unpaired) electrons. The second-order valence-electron chi connectivity index (χ2n) is 9.10. The second-order valence-corrected chi connectivity index (χ2v) is 11.4. The number of benzene rings is 3. The molecule has 0 spiro atoms. The molecule has 3 aromatic rings. The van der Waals surface area contributed by atoms with Crippen molar-refractivity contribution in [2.24, 2.45) is 0 Å². The number of hydrogen-bond acceptors (Lipinski definition) is 4. The van der Waals surface area contributed by atoms with Crippen LogP contribution in [0.15, 0.2) is 77.7 Å². The Morgan fingerprint density at radius 1 is 0.943 bits per heavy atom. The molecule has 0 heterocycles. The number of amides is 2. The maximum atomic E-state index is 13.5. The van der Waals surface area contributed by atoms with Crippen LogP contribution in [0.3, 0.4) is 0 Å². The molecule has 0 aliphatic rings. The normalized spacial score (nSPS) is 11.6. The van der Waals surface area contributed by atoms with Crippen LogP contribution in [-0.2, 0) is 14.8 Å². The Bertz CT molecular complexity index is 1330. The molecular formula is C26H28ClN3O4S. The van der Waals surface area contributed by atoms with Crippen LogP contribution >= 0.6 is 11.6 Å². The number of carbonyl (C=O) groups excluding carboxylic acids is 2. The average molecular weight is 514 g/mol. The van der Waals surface area contributed by atoms with Crippen molar-refractivity contribution in [3.05, 3.63) is 88.9 Å². The molecule has 0 aromatic heterocycles. The number of nitrogens with one attached hydrogen (secondary N) is 2. The number of rotatable bonds is 7. The van der Waals surface area contributed by atoms with Gasteiger partial charge in [0.2, 0.25) is 5.91 Å². The molecule has 3 aromatic carbocycles. The minimum Gasteiger partial charge on any atom is -0.347 e. The van der Waals surface area contributed by atoms with Crippen LogP contribution in [0.4, 0.5) is 11.4 Å². The first-order valence-corrected chi connectivity index (χ1v) is 12.7. The molecule has 0 bridgehead atoms. The summed E-state index contributed by atoms with van der Waals surface area (Å²) in [4.78, 5) is 25.8. The van der Waals surface area contributed by atoms with E-state index in [-0.39, 0.29) is 22.1 Å². The lowest BCUT2D eigenvalue weighted by Gasteiger charge is -2.25. The van der Waals surface area contributed by atoms with Gasteiger partial charge in [-0.15, -0.1) is 0 Å². The zero-order chi connectivity index (χ0) is 25.8. The van der Waals surface area contributed by atoms with Gasteiger partial charge >= 0.3 is 0 Å². The van der Waals surface area contributed by atoms with E-state index in [1.165, 1.54) is 24.3 Å². The number of anilines is 2. The van der Waals surface area contributed by atoms with E-state index >= 15 is 0 Å². The summed E-state index contributed by atoms with van der Waals surface area (Å²) >= 11 is 5.93. The number of hydrogen-bond donors (Lipinski definition) is 2. The van der Waals surface area contributed by atoms with Gasteiger partial charge in [0.05, 0.1) is 21.8 Å². The number of nitrogens with zero attached hydrogens (tertiary/aromatic N) is 1. The molecule has 0 atom stereocenters. The summed E-state index contributed by atoms with van der Waals surface area (Å²) in [5.41, 5.74) is 1.27. The molecule has 184 valence electrons. The fourth-order valence-electron chi connectivity index (χ4n) is 3.35. The Morgan fingerprint density at radius 3 is 2.23 bits per heavy atom. The molecule has 0 unspecified atom stereocenters. The number of sulfonamides is 1. The van der Waals surface area contributed by atoms with Gasteiger partial charge in [-0.3, -0.25) is 13.9 Å².